The van der Waals surface area contributed by atoms with Crippen LogP contribution in [0.4, 0.5) is 47.8 Å². The average molecular weight is 1390 g/mol. The summed E-state index contributed by atoms with van der Waals surface area (Å²) in [4.78, 5) is 122. The Labute approximate surface area is 521 Å². The van der Waals surface area contributed by atoms with Gasteiger partial charge in [-0.05, 0) is 69.2 Å². The van der Waals surface area contributed by atoms with E-state index in [9.17, 15) is 81.3 Å². The number of ether oxygens (including phenoxy) is 4. The molecule has 0 aliphatic rings. The first-order valence-corrected chi connectivity index (χ1v) is 30.3. The first-order chi connectivity index (χ1) is 42.5. The highest BCUT2D eigenvalue weighted by atomic mass is 35.5. The van der Waals surface area contributed by atoms with Gasteiger partial charge in [-0.1, -0.05) is 29.8 Å². The number of aromatic nitrogens is 8. The summed E-state index contributed by atoms with van der Waals surface area (Å²) < 4.78 is 160. The van der Waals surface area contributed by atoms with E-state index in [4.69, 9.17) is 45.4 Å². The predicted octanol–water partition coefficient (Wildman–Crippen LogP) is 3.86. The molecule has 4 aromatic heterocycles. The van der Waals surface area contributed by atoms with Crippen molar-refractivity contribution in [3.8, 4) is 23.5 Å². The lowest BCUT2D eigenvalue weighted by atomic mass is 10.1. The Morgan fingerprint density at radius 2 is 1.35 bits per heavy atom. The quantitative estimate of drug-likeness (QED) is 0.0324. The number of methoxy groups -OCH3 is 3. The molecule has 0 radical (unpaired) electrons. The second-order valence-electron chi connectivity index (χ2n) is 18.2. The van der Waals surface area contributed by atoms with Gasteiger partial charge in [-0.15, -0.1) is 0 Å². The van der Waals surface area contributed by atoms with Gasteiger partial charge in [0.05, 0.1) is 73.1 Å². The largest absolute Gasteiger partial charge is 0.481 e. The van der Waals surface area contributed by atoms with Crippen LogP contribution in [0.3, 0.4) is 0 Å². The number of pyridine rings is 1. The molecule has 0 saturated carbocycles. The van der Waals surface area contributed by atoms with Gasteiger partial charge in [0.25, 0.3) is 31.5 Å². The van der Waals surface area contributed by atoms with Crippen LogP contribution in [-0.4, -0.2) is 166 Å². The Balaban J connectivity index is 0.000000335. The van der Waals surface area contributed by atoms with Crippen molar-refractivity contribution >= 4 is 81.0 Å². The lowest BCUT2D eigenvalue weighted by Gasteiger charge is -2.15. The van der Waals surface area contributed by atoms with Crippen molar-refractivity contribution in [2.24, 2.45) is 7.05 Å². The monoisotopic (exact) mass is 1390 g/mol. The number of carboxylic acid groups (broad SMARTS) is 1. The van der Waals surface area contributed by atoms with Crippen LogP contribution >= 0.6 is 19.2 Å². The third-order valence-corrected chi connectivity index (χ3v) is 14.2. The number of nitrogens with zero attached hydrogens (tertiary/aromatic N) is 9. The number of esters is 1. The number of rotatable bonds is 19. The van der Waals surface area contributed by atoms with Crippen LogP contribution in [0.2, 0.25) is 5.02 Å². The molecule has 92 heavy (non-hydrogen) atoms. The molecule has 5 amide bonds. The number of aliphatic carboxylic acids is 1. The first kappa shape index (κ1) is 76.8. The van der Waals surface area contributed by atoms with Crippen LogP contribution in [0.15, 0.2) is 92.4 Å². The Hall–Kier alpha value is -9.41. The number of alkyl halides is 6. The van der Waals surface area contributed by atoms with E-state index in [0.29, 0.717) is 15.2 Å². The van der Waals surface area contributed by atoms with Crippen molar-refractivity contribution in [1.82, 2.24) is 58.7 Å². The van der Waals surface area contributed by atoms with Gasteiger partial charge in [0.15, 0.2) is 5.03 Å². The van der Waals surface area contributed by atoms with E-state index in [-0.39, 0.29) is 62.9 Å². The minimum Gasteiger partial charge on any atom is -0.481 e. The zero-order valence-electron chi connectivity index (χ0n) is 49.1. The highest BCUT2D eigenvalue weighted by Gasteiger charge is 2.36. The molecule has 0 unspecified atom stereocenters. The minimum absolute atomic E-state index is 0.0104. The summed E-state index contributed by atoms with van der Waals surface area (Å²) in [5.74, 6) is -2.64. The summed E-state index contributed by atoms with van der Waals surface area (Å²) in [5, 5.41) is 13.7. The normalized spacial score (nSPS) is 11.4. The fourth-order valence-electron chi connectivity index (χ4n) is 6.66. The third kappa shape index (κ3) is 24.4. The highest BCUT2D eigenvalue weighted by Crippen LogP contribution is 2.32. The second kappa shape index (κ2) is 33.1. The zero-order valence-corrected chi connectivity index (χ0v) is 52.4. The van der Waals surface area contributed by atoms with Gasteiger partial charge < -0.3 is 38.7 Å². The predicted molar refractivity (Wildman–Crippen MR) is 308 cm³/mol. The average Bonchev–Trinajstić information content (AvgIpc) is 0.784. The number of amides is 5. The number of halogens is 7. The zero-order chi connectivity index (χ0) is 69.9. The molecular weight excluding hydrogens is 1330 g/mol. The molecule has 6 rings (SSSR count). The van der Waals surface area contributed by atoms with Crippen molar-refractivity contribution < 1.29 is 106 Å². The van der Waals surface area contributed by atoms with E-state index in [0.717, 1.165) is 19.2 Å². The van der Waals surface area contributed by atoms with Gasteiger partial charge in [0.2, 0.25) is 23.7 Å². The third-order valence-electron chi connectivity index (χ3n) is 10.5. The standard InChI is InChI=1S/C16H14ClF3N2O4.C15H16F3N5O4S.C15H18N6O6S.C3H8NO5P/c1-8(2)26-14(24)10-6-9(4-5-11(10)17)22-13(23)7-12(16(18,19)20)21(3)15(22)25;1-9-19-12(22-14(20-9)27-2)21-13(24)23-28(25,26)11-6-4-3-5-10(11)7-8-15(16,17)18;1-21(2)13(22)9-6-5-7-16-12(9)28(24,25)20-15(23)19-14-17-10(26-3)8-11(18-14)27-4;5-3(6)1-4-2-10(7,8)9/h4-8H,1-3H3;3-6H,7-8H2,1-2H3,(H2,19,20,21,22,23,24);5-8H,1-4H3,(H2,17,18,19,20,23);4H,1-2H2,(H,5,6)(H2,7,8,9). The van der Waals surface area contributed by atoms with Crippen LogP contribution in [0.5, 0.6) is 17.8 Å². The first-order valence-electron chi connectivity index (χ1n) is 25.1. The molecule has 4 heterocycles. The fourth-order valence-corrected chi connectivity index (χ4v) is 9.47. The molecule has 502 valence electrons. The number of aryl methyl sites for hydroxylation is 2. The molecule has 2 aromatic carbocycles. The van der Waals surface area contributed by atoms with Gasteiger partial charge in [-0.2, -0.15) is 59.7 Å². The van der Waals surface area contributed by atoms with Crippen molar-refractivity contribution in [2.75, 3.05) is 58.9 Å². The number of urea groups is 2. The fraction of sp³-hybridized carbons (Fsp3) is 0.327. The molecule has 43 heteroatoms. The van der Waals surface area contributed by atoms with Crippen molar-refractivity contribution in [3.05, 3.63) is 127 Å². The molecule has 0 fully saturated rings. The second-order valence-corrected chi connectivity index (χ2v) is 23.5. The molecule has 0 atom stereocenters. The number of hydrogen-bond donors (Lipinski definition) is 8. The number of carbonyl (C=O) groups is 5. The molecule has 33 nitrogen and oxygen atoms in total. The van der Waals surface area contributed by atoms with Crippen molar-refractivity contribution in [2.45, 2.75) is 62.0 Å². The van der Waals surface area contributed by atoms with E-state index in [1.165, 1.54) is 102 Å². The maximum absolute atomic E-state index is 12.9. The number of hydrogen-bond acceptors (Lipinski definition) is 23. The summed E-state index contributed by atoms with van der Waals surface area (Å²) in [7, 11) is -5.19. The molecule has 0 bridgehead atoms. The smallest absolute Gasteiger partial charge is 0.431 e. The summed E-state index contributed by atoms with van der Waals surface area (Å²) in [6.45, 7) is 4.30. The SMILES string of the molecule is CC(C)OC(=O)c1cc(-n2c(=O)cc(C(F)(F)F)n(C)c2=O)ccc1Cl.COc1cc(OC)nc(NC(=O)NS(=O)(=O)c2ncccc2C(=O)N(C)C)n1.COc1nc(C)nc(NC(=O)NS(=O)(=O)c2ccccc2CCC(F)(F)F)n1.O=C(O)CNCP(=O)(O)O. The summed E-state index contributed by atoms with van der Waals surface area (Å²) in [5.41, 5.74) is -4.26. The molecule has 8 N–H and O–H groups in total. The van der Waals surface area contributed by atoms with Crippen LogP contribution in [0, 0.1) is 6.92 Å². The number of anilines is 2. The summed E-state index contributed by atoms with van der Waals surface area (Å²) in [6.07, 6.45) is -10.9. The maximum Gasteiger partial charge on any atom is 0.431 e. The van der Waals surface area contributed by atoms with E-state index in [1.807, 2.05) is 0 Å². The summed E-state index contributed by atoms with van der Waals surface area (Å²) in [6, 6.07) is 10.6. The molecule has 0 spiro atoms. The van der Waals surface area contributed by atoms with Crippen LogP contribution in [0.25, 0.3) is 5.69 Å². The molecule has 0 aliphatic heterocycles. The van der Waals surface area contributed by atoms with E-state index >= 15 is 0 Å². The van der Waals surface area contributed by atoms with Crippen LogP contribution < -0.4 is 50.9 Å². The minimum atomic E-state index is -4.86. The molecular formula is C49H56ClF6N14O19PS2. The Kier molecular flexibility index (Phi) is 27.6. The number of nitrogens with one attached hydrogen (secondary N) is 5. The van der Waals surface area contributed by atoms with E-state index in [2.05, 4.69) is 45.9 Å². The Bertz CT molecular complexity index is 4050. The van der Waals surface area contributed by atoms with Gasteiger partial charge >= 0.3 is 55.6 Å². The number of carbonyl (C=O) groups excluding carboxylic acids is 4. The van der Waals surface area contributed by atoms with Gasteiger partial charge in [-0.25, -0.2) is 46.6 Å². The van der Waals surface area contributed by atoms with Crippen molar-refractivity contribution in [3.63, 3.8) is 0 Å². The Morgan fingerprint density at radius 1 is 0.772 bits per heavy atom. The van der Waals surface area contributed by atoms with Gasteiger partial charge in [0, 0.05) is 39.8 Å². The number of sulfonamides is 2. The van der Waals surface area contributed by atoms with Gasteiger partial charge in [0.1, 0.15) is 11.5 Å². The van der Waals surface area contributed by atoms with E-state index in [1.54, 1.807) is 23.3 Å². The number of benzene rings is 2. The molecule has 0 aliphatic carbocycles. The van der Waals surface area contributed by atoms with E-state index < -0.39 is 129 Å². The molecule has 6 aromatic rings. The molecule has 0 saturated heterocycles. The summed E-state index contributed by atoms with van der Waals surface area (Å²) >= 11 is 5.94. The lowest BCUT2D eigenvalue weighted by Crippen LogP contribution is -2.40. The Morgan fingerprint density at radius 3 is 1.87 bits per heavy atom. The van der Waals surface area contributed by atoms with Crippen LogP contribution in [-0.2, 0) is 53.8 Å². The number of carboxylic acids is 1. The van der Waals surface area contributed by atoms with Crippen molar-refractivity contribution in [1.29, 1.82) is 0 Å². The topological polar surface area (TPSA) is 453 Å². The van der Waals surface area contributed by atoms with Gasteiger partial charge in [-0.3, -0.25) is 39.5 Å². The van der Waals surface area contributed by atoms with Crippen LogP contribution in [0.1, 0.15) is 58.1 Å². The maximum atomic E-state index is 12.9. The lowest BCUT2D eigenvalue weighted by molar-refractivity contribution is -0.144. The highest BCUT2D eigenvalue weighted by molar-refractivity contribution is 7.90.